The zero-order valence-corrected chi connectivity index (χ0v) is 17.5. The molecule has 7 nitrogen and oxygen atoms in total. The van der Waals surface area contributed by atoms with E-state index in [-0.39, 0.29) is 23.2 Å². The van der Waals surface area contributed by atoms with Crippen LogP contribution in [0.3, 0.4) is 0 Å². The fourth-order valence-electron chi connectivity index (χ4n) is 3.78. The van der Waals surface area contributed by atoms with Crippen LogP contribution in [0.1, 0.15) is 53.5 Å². The summed E-state index contributed by atoms with van der Waals surface area (Å²) in [6.45, 7) is 0. The first-order valence-corrected chi connectivity index (χ1v) is 10.4. The first kappa shape index (κ1) is 22.7. The Labute approximate surface area is 188 Å². The molecule has 1 aliphatic carbocycles. The van der Waals surface area contributed by atoms with Crippen molar-refractivity contribution in [1.82, 2.24) is 20.3 Å². The van der Waals surface area contributed by atoms with E-state index in [0.29, 0.717) is 31.4 Å². The highest BCUT2D eigenvalue weighted by atomic mass is 19.4. The van der Waals surface area contributed by atoms with E-state index in [4.69, 9.17) is 10.5 Å². The number of benzene rings is 1. The first-order valence-electron chi connectivity index (χ1n) is 10.4. The highest BCUT2D eigenvalue weighted by Crippen LogP contribution is 2.36. The van der Waals surface area contributed by atoms with Gasteiger partial charge >= 0.3 is 6.18 Å². The lowest BCUT2D eigenvalue weighted by Crippen LogP contribution is -2.57. The molecule has 3 N–H and O–H groups in total. The Morgan fingerprint density at radius 2 is 1.76 bits per heavy atom. The fourth-order valence-corrected chi connectivity index (χ4v) is 3.78. The number of alkyl halides is 3. The van der Waals surface area contributed by atoms with Crippen molar-refractivity contribution in [2.24, 2.45) is 5.73 Å². The van der Waals surface area contributed by atoms with Gasteiger partial charge in [0.25, 0.3) is 5.91 Å². The van der Waals surface area contributed by atoms with E-state index in [9.17, 15) is 18.0 Å². The lowest BCUT2D eigenvalue weighted by atomic mass is 9.81. The molecular formula is C23H22F3N5O2. The van der Waals surface area contributed by atoms with Crippen LogP contribution in [0.4, 0.5) is 13.2 Å². The van der Waals surface area contributed by atoms with Crippen LogP contribution in [0, 0.1) is 0 Å². The second kappa shape index (κ2) is 9.14. The van der Waals surface area contributed by atoms with E-state index in [1.165, 1.54) is 6.20 Å². The lowest BCUT2D eigenvalue weighted by Gasteiger charge is -2.37. The van der Waals surface area contributed by atoms with Gasteiger partial charge in [0.1, 0.15) is 22.8 Å². The molecule has 10 heteroatoms. The molecule has 1 aliphatic rings. The van der Waals surface area contributed by atoms with Crippen LogP contribution in [-0.2, 0) is 6.18 Å². The number of ether oxygens (including phenoxy) is 1. The second-order valence-electron chi connectivity index (χ2n) is 7.95. The SMILES string of the molecule is NC1(NC(=O)c2cccnc2Oc2ccccc2)CCC(c2nccc(C(F)(F)F)n2)CC1. The predicted molar refractivity (Wildman–Crippen MR) is 113 cm³/mol. The lowest BCUT2D eigenvalue weighted by molar-refractivity contribution is -0.141. The van der Waals surface area contributed by atoms with Crippen LogP contribution < -0.4 is 15.8 Å². The number of amides is 1. The Balaban J connectivity index is 1.42. The van der Waals surface area contributed by atoms with Crippen molar-refractivity contribution in [3.8, 4) is 11.6 Å². The minimum Gasteiger partial charge on any atom is -0.438 e. The van der Waals surface area contributed by atoms with Gasteiger partial charge in [-0.1, -0.05) is 18.2 Å². The molecule has 0 aliphatic heterocycles. The van der Waals surface area contributed by atoms with E-state index in [2.05, 4.69) is 20.3 Å². The predicted octanol–water partition coefficient (Wildman–Crippen LogP) is 4.43. The van der Waals surface area contributed by atoms with Crippen molar-refractivity contribution in [1.29, 1.82) is 0 Å². The maximum atomic E-state index is 13.0. The third-order valence-corrected chi connectivity index (χ3v) is 5.54. The van der Waals surface area contributed by atoms with Gasteiger partial charge in [0.15, 0.2) is 0 Å². The number of nitrogens with one attached hydrogen (secondary N) is 1. The van der Waals surface area contributed by atoms with Crippen LogP contribution in [-0.4, -0.2) is 26.5 Å². The average molecular weight is 457 g/mol. The number of carbonyl (C=O) groups is 1. The highest BCUT2D eigenvalue weighted by molar-refractivity contribution is 5.96. The maximum absolute atomic E-state index is 13.0. The first-order chi connectivity index (χ1) is 15.7. The Kier molecular flexibility index (Phi) is 6.28. The number of hydrogen-bond donors (Lipinski definition) is 2. The van der Waals surface area contributed by atoms with Crippen LogP contribution in [0.25, 0.3) is 0 Å². The van der Waals surface area contributed by atoms with Gasteiger partial charge in [0.05, 0.1) is 5.66 Å². The number of halogens is 3. The van der Waals surface area contributed by atoms with Crippen LogP contribution in [0.2, 0.25) is 0 Å². The summed E-state index contributed by atoms with van der Waals surface area (Å²) in [6, 6.07) is 13.0. The number of nitrogens with zero attached hydrogens (tertiary/aromatic N) is 3. The van der Waals surface area contributed by atoms with Crippen LogP contribution in [0.5, 0.6) is 11.6 Å². The van der Waals surface area contributed by atoms with Gasteiger partial charge in [-0.15, -0.1) is 0 Å². The van der Waals surface area contributed by atoms with Gasteiger partial charge in [-0.3, -0.25) is 4.79 Å². The number of hydrogen-bond acceptors (Lipinski definition) is 6. The molecule has 4 rings (SSSR count). The molecule has 0 radical (unpaired) electrons. The molecule has 33 heavy (non-hydrogen) atoms. The normalized spacial score (nSPS) is 20.8. The van der Waals surface area contributed by atoms with Gasteiger partial charge in [0.2, 0.25) is 5.88 Å². The highest BCUT2D eigenvalue weighted by Gasteiger charge is 2.37. The third-order valence-electron chi connectivity index (χ3n) is 5.54. The quantitative estimate of drug-likeness (QED) is 0.550. The molecule has 0 unspecified atom stereocenters. The molecule has 2 aromatic heterocycles. The molecule has 0 atom stereocenters. The van der Waals surface area contributed by atoms with Crippen molar-refractivity contribution < 1.29 is 22.7 Å². The van der Waals surface area contributed by atoms with Gasteiger partial charge in [-0.05, 0) is 56.0 Å². The van der Waals surface area contributed by atoms with Gasteiger partial charge in [0, 0.05) is 18.3 Å². The number of para-hydroxylation sites is 1. The summed E-state index contributed by atoms with van der Waals surface area (Å²) in [7, 11) is 0. The fraction of sp³-hybridized carbons (Fsp3) is 0.304. The average Bonchev–Trinajstić information content (AvgIpc) is 2.80. The monoisotopic (exact) mass is 457 g/mol. The Morgan fingerprint density at radius 1 is 1.03 bits per heavy atom. The van der Waals surface area contributed by atoms with Gasteiger partial charge in [-0.25, -0.2) is 15.0 Å². The molecule has 0 saturated heterocycles. The van der Waals surface area contributed by atoms with Gasteiger partial charge in [-0.2, -0.15) is 13.2 Å². The zero-order valence-electron chi connectivity index (χ0n) is 17.5. The van der Waals surface area contributed by atoms with E-state index >= 15 is 0 Å². The summed E-state index contributed by atoms with van der Waals surface area (Å²) in [5, 5.41) is 2.84. The topological polar surface area (TPSA) is 103 Å². The number of aromatic nitrogens is 3. The summed E-state index contributed by atoms with van der Waals surface area (Å²) in [5.74, 6) is 0.121. The Hall–Kier alpha value is -3.53. The third kappa shape index (κ3) is 5.46. The molecule has 1 amide bonds. The van der Waals surface area contributed by atoms with E-state index in [0.717, 1.165) is 12.3 Å². The summed E-state index contributed by atoms with van der Waals surface area (Å²) in [6.07, 6.45) is -0.282. The van der Waals surface area contributed by atoms with Crippen molar-refractivity contribution in [2.45, 2.75) is 43.4 Å². The Morgan fingerprint density at radius 3 is 2.45 bits per heavy atom. The number of carbonyl (C=O) groups excluding carboxylic acids is 1. The molecule has 1 fully saturated rings. The molecule has 0 spiro atoms. The van der Waals surface area contributed by atoms with E-state index < -0.39 is 23.4 Å². The summed E-state index contributed by atoms with van der Waals surface area (Å²) >= 11 is 0. The van der Waals surface area contributed by atoms with Gasteiger partial charge < -0.3 is 15.8 Å². The molecule has 0 bridgehead atoms. The standard InChI is InChI=1S/C23H22F3N5O2/c24-23(25,26)18-10-14-28-19(30-18)15-8-11-22(27,12-9-15)31-20(32)17-7-4-13-29-21(17)33-16-5-2-1-3-6-16/h1-7,10,13-15H,8-9,11-12,27H2,(H,31,32). The number of pyridine rings is 1. The minimum atomic E-state index is -4.53. The van der Waals surface area contributed by atoms with Crippen LogP contribution in [0.15, 0.2) is 60.9 Å². The number of rotatable bonds is 5. The van der Waals surface area contributed by atoms with E-state index in [1.807, 2.05) is 6.07 Å². The van der Waals surface area contributed by atoms with Crippen molar-refractivity contribution in [2.75, 3.05) is 0 Å². The molecule has 1 aromatic carbocycles. The second-order valence-corrected chi connectivity index (χ2v) is 7.95. The number of nitrogens with two attached hydrogens (primary N) is 1. The minimum absolute atomic E-state index is 0.143. The summed E-state index contributed by atoms with van der Waals surface area (Å²) in [4.78, 5) is 24.8. The van der Waals surface area contributed by atoms with E-state index in [1.54, 1.807) is 36.4 Å². The largest absolute Gasteiger partial charge is 0.438 e. The maximum Gasteiger partial charge on any atom is 0.433 e. The van der Waals surface area contributed by atoms with Crippen molar-refractivity contribution in [3.05, 3.63) is 78.0 Å². The van der Waals surface area contributed by atoms with Crippen LogP contribution >= 0.6 is 0 Å². The van der Waals surface area contributed by atoms with Crippen molar-refractivity contribution in [3.63, 3.8) is 0 Å². The molecule has 3 aromatic rings. The smallest absolute Gasteiger partial charge is 0.433 e. The molecular weight excluding hydrogens is 435 g/mol. The molecule has 172 valence electrons. The summed E-state index contributed by atoms with van der Waals surface area (Å²) in [5.41, 5.74) is 4.67. The molecule has 1 saturated carbocycles. The zero-order chi connectivity index (χ0) is 23.5. The molecule has 2 heterocycles. The summed E-state index contributed by atoms with van der Waals surface area (Å²) < 4.78 is 44.6. The Bertz CT molecular complexity index is 1120. The van der Waals surface area contributed by atoms with Crippen molar-refractivity contribution >= 4 is 5.91 Å².